The van der Waals surface area contributed by atoms with E-state index in [2.05, 4.69) is 5.32 Å². The van der Waals surface area contributed by atoms with Gasteiger partial charge in [0.25, 0.3) is 5.91 Å². The zero-order valence-electron chi connectivity index (χ0n) is 14.6. The Hall–Kier alpha value is -2.57. The summed E-state index contributed by atoms with van der Waals surface area (Å²) in [5.41, 5.74) is 0.0978. The molecule has 7 nitrogen and oxygen atoms in total. The lowest BCUT2D eigenvalue weighted by Crippen LogP contribution is -2.56. The molecular formula is C18H23N3O4. The Morgan fingerprint density at radius 2 is 1.84 bits per heavy atom. The largest absolute Gasteiger partial charge is 0.494 e. The van der Waals surface area contributed by atoms with Crippen LogP contribution in [0.5, 0.6) is 5.75 Å². The molecule has 7 heteroatoms. The fourth-order valence-electron chi connectivity index (χ4n) is 3.39. The van der Waals surface area contributed by atoms with Crippen molar-refractivity contribution < 1.29 is 19.1 Å². The number of nitrogens with zero attached hydrogens (tertiary/aromatic N) is 2. The third kappa shape index (κ3) is 3.31. The van der Waals surface area contributed by atoms with Gasteiger partial charge in [-0.25, -0.2) is 4.79 Å². The van der Waals surface area contributed by atoms with Gasteiger partial charge in [-0.3, -0.25) is 14.5 Å². The fraction of sp³-hybridized carbons (Fsp3) is 0.500. The maximum atomic E-state index is 12.5. The molecule has 134 valence electrons. The maximum absolute atomic E-state index is 12.5. The molecule has 0 aromatic heterocycles. The number of benzene rings is 1. The first-order valence-corrected chi connectivity index (χ1v) is 8.55. The van der Waals surface area contributed by atoms with Crippen molar-refractivity contribution in [2.24, 2.45) is 0 Å². The van der Waals surface area contributed by atoms with Gasteiger partial charge in [-0.05, 0) is 37.5 Å². The highest BCUT2D eigenvalue weighted by Gasteiger charge is 2.51. The molecule has 0 aliphatic carbocycles. The molecule has 0 atom stereocenters. The van der Waals surface area contributed by atoms with Gasteiger partial charge in [0, 0.05) is 20.1 Å². The second kappa shape index (κ2) is 6.74. The monoisotopic (exact) mass is 345 g/mol. The molecule has 1 spiro atoms. The highest BCUT2D eigenvalue weighted by molar-refractivity contribution is 6.06. The molecule has 2 saturated heterocycles. The summed E-state index contributed by atoms with van der Waals surface area (Å²) in [6.07, 6.45) is 1.23. The van der Waals surface area contributed by atoms with Crippen LogP contribution in [0.15, 0.2) is 24.3 Å². The second-order valence-electron chi connectivity index (χ2n) is 6.51. The zero-order valence-corrected chi connectivity index (χ0v) is 14.6. The number of amides is 4. The Kier molecular flexibility index (Phi) is 4.65. The van der Waals surface area contributed by atoms with Gasteiger partial charge in [-0.1, -0.05) is 12.1 Å². The van der Waals surface area contributed by atoms with E-state index in [0.29, 0.717) is 39.0 Å². The van der Waals surface area contributed by atoms with E-state index in [1.165, 1.54) is 7.05 Å². The van der Waals surface area contributed by atoms with Crippen LogP contribution in [0.3, 0.4) is 0 Å². The molecule has 1 N–H and O–H groups in total. The van der Waals surface area contributed by atoms with Crippen molar-refractivity contribution in [3.05, 3.63) is 29.8 Å². The minimum absolute atomic E-state index is 0.0316. The minimum atomic E-state index is -0.832. The maximum Gasteiger partial charge on any atom is 0.324 e. The summed E-state index contributed by atoms with van der Waals surface area (Å²) in [4.78, 5) is 39.4. The predicted molar refractivity (Wildman–Crippen MR) is 91.2 cm³/mol. The molecule has 0 unspecified atom stereocenters. The van der Waals surface area contributed by atoms with Crippen molar-refractivity contribution >= 4 is 17.8 Å². The van der Waals surface area contributed by atoms with E-state index < -0.39 is 5.54 Å². The van der Waals surface area contributed by atoms with Crippen LogP contribution < -0.4 is 10.1 Å². The molecule has 0 saturated carbocycles. The van der Waals surface area contributed by atoms with Crippen molar-refractivity contribution in [3.63, 3.8) is 0 Å². The number of ether oxygens (including phenoxy) is 1. The Morgan fingerprint density at radius 1 is 1.20 bits per heavy atom. The topological polar surface area (TPSA) is 79.0 Å². The Morgan fingerprint density at radius 3 is 2.36 bits per heavy atom. The highest BCUT2D eigenvalue weighted by Crippen LogP contribution is 2.29. The van der Waals surface area contributed by atoms with Crippen molar-refractivity contribution in [1.29, 1.82) is 0 Å². The van der Waals surface area contributed by atoms with E-state index in [0.717, 1.165) is 16.2 Å². The second-order valence-corrected chi connectivity index (χ2v) is 6.51. The molecule has 2 aliphatic rings. The molecule has 0 radical (unpaired) electrons. The fourth-order valence-corrected chi connectivity index (χ4v) is 3.39. The van der Waals surface area contributed by atoms with Crippen molar-refractivity contribution in [1.82, 2.24) is 15.1 Å². The number of carbonyl (C=O) groups is 3. The van der Waals surface area contributed by atoms with Gasteiger partial charge in [0.1, 0.15) is 11.3 Å². The number of nitrogens with one attached hydrogen (secondary N) is 1. The molecule has 1 aromatic carbocycles. The molecule has 2 fully saturated rings. The summed E-state index contributed by atoms with van der Waals surface area (Å²) < 4.78 is 5.40. The molecule has 4 amide bonds. The highest BCUT2D eigenvalue weighted by atomic mass is 16.5. The average Bonchev–Trinajstić information content (AvgIpc) is 2.81. The van der Waals surface area contributed by atoms with Crippen LogP contribution in [0.1, 0.15) is 25.3 Å². The first-order chi connectivity index (χ1) is 11.9. The molecule has 25 heavy (non-hydrogen) atoms. The van der Waals surface area contributed by atoms with Gasteiger partial charge in [0.2, 0.25) is 5.91 Å². The normalized spacial score (nSPS) is 19.3. The van der Waals surface area contributed by atoms with Gasteiger partial charge in [0.05, 0.1) is 13.0 Å². The number of carbonyl (C=O) groups excluding carboxylic acids is 3. The van der Waals surface area contributed by atoms with Gasteiger partial charge in [-0.15, -0.1) is 0 Å². The van der Waals surface area contributed by atoms with E-state index in [1.54, 1.807) is 4.90 Å². The van der Waals surface area contributed by atoms with Gasteiger partial charge in [-0.2, -0.15) is 0 Å². The van der Waals surface area contributed by atoms with Crippen molar-refractivity contribution in [2.45, 2.75) is 31.7 Å². The van der Waals surface area contributed by atoms with Crippen LogP contribution >= 0.6 is 0 Å². The van der Waals surface area contributed by atoms with Crippen molar-refractivity contribution in [2.75, 3.05) is 26.7 Å². The van der Waals surface area contributed by atoms with Gasteiger partial charge in [0.15, 0.2) is 0 Å². The first kappa shape index (κ1) is 17.3. The third-order valence-electron chi connectivity index (χ3n) is 4.92. The van der Waals surface area contributed by atoms with Crippen LogP contribution in [0.4, 0.5) is 4.79 Å². The van der Waals surface area contributed by atoms with Crippen LogP contribution in [0.25, 0.3) is 0 Å². The number of hydrogen-bond donors (Lipinski definition) is 1. The van der Waals surface area contributed by atoms with Crippen LogP contribution in [0, 0.1) is 0 Å². The zero-order chi connectivity index (χ0) is 18.0. The molecule has 2 aliphatic heterocycles. The predicted octanol–water partition coefficient (Wildman–Crippen LogP) is 1.17. The van der Waals surface area contributed by atoms with Crippen LogP contribution in [-0.4, -0.2) is 59.9 Å². The van der Waals surface area contributed by atoms with E-state index in [9.17, 15) is 14.4 Å². The molecule has 3 rings (SSSR count). The summed E-state index contributed by atoms with van der Waals surface area (Å²) >= 11 is 0. The quantitative estimate of drug-likeness (QED) is 0.831. The summed E-state index contributed by atoms with van der Waals surface area (Å²) in [5, 5.41) is 2.78. The SMILES string of the molecule is CCOc1ccc(CC(=O)N2CCC3(CC2)NC(=O)N(C)C3=O)cc1. The number of hydrogen-bond acceptors (Lipinski definition) is 4. The van der Waals surface area contributed by atoms with E-state index >= 15 is 0 Å². The lowest BCUT2D eigenvalue weighted by molar-refractivity contribution is -0.137. The number of imide groups is 1. The number of likely N-dealkylation sites (tertiary alicyclic amines) is 1. The van der Waals surface area contributed by atoms with Gasteiger partial charge < -0.3 is 15.0 Å². The lowest BCUT2D eigenvalue weighted by Gasteiger charge is -2.37. The summed E-state index contributed by atoms with van der Waals surface area (Å²) in [6, 6.07) is 7.15. The van der Waals surface area contributed by atoms with Gasteiger partial charge >= 0.3 is 6.03 Å². The summed E-state index contributed by atoms with van der Waals surface area (Å²) in [5.74, 6) is 0.624. The number of piperidine rings is 1. The minimum Gasteiger partial charge on any atom is -0.494 e. The third-order valence-corrected chi connectivity index (χ3v) is 4.92. The summed E-state index contributed by atoms with van der Waals surface area (Å²) in [6.45, 7) is 3.47. The van der Waals surface area contributed by atoms with Crippen LogP contribution in [-0.2, 0) is 16.0 Å². The molecule has 2 heterocycles. The van der Waals surface area contributed by atoms with Crippen molar-refractivity contribution in [3.8, 4) is 5.75 Å². The molecular weight excluding hydrogens is 322 g/mol. The lowest BCUT2D eigenvalue weighted by atomic mass is 9.87. The van der Waals surface area contributed by atoms with E-state index in [1.807, 2.05) is 31.2 Å². The molecule has 1 aromatic rings. The first-order valence-electron chi connectivity index (χ1n) is 8.55. The summed E-state index contributed by atoms with van der Waals surface area (Å²) in [7, 11) is 1.48. The molecule has 0 bridgehead atoms. The number of rotatable bonds is 4. The number of urea groups is 1. The van der Waals surface area contributed by atoms with E-state index in [-0.39, 0.29) is 17.8 Å². The number of likely N-dealkylation sites (N-methyl/N-ethyl adjacent to an activating group) is 1. The Bertz CT molecular complexity index is 678. The van der Waals surface area contributed by atoms with E-state index in [4.69, 9.17) is 4.74 Å². The Labute approximate surface area is 146 Å². The Balaban J connectivity index is 1.57. The smallest absolute Gasteiger partial charge is 0.324 e. The average molecular weight is 345 g/mol. The standard InChI is InChI=1S/C18H23N3O4/c1-3-25-14-6-4-13(5-7-14)12-15(22)21-10-8-18(9-11-21)16(23)20(2)17(24)19-18/h4-7H,3,8-12H2,1-2H3,(H,19,24). The van der Waals surface area contributed by atoms with Crippen LogP contribution in [0.2, 0.25) is 0 Å².